The molecule has 0 N–H and O–H groups in total. The fourth-order valence-electron chi connectivity index (χ4n) is 1.97. The van der Waals surface area contributed by atoms with Gasteiger partial charge in [-0.05, 0) is 36.5 Å². The summed E-state index contributed by atoms with van der Waals surface area (Å²) in [7, 11) is 5.20. The molecule has 0 bridgehead atoms. The highest BCUT2D eigenvalue weighted by Gasteiger charge is 2.05. The van der Waals surface area contributed by atoms with Gasteiger partial charge in [0.15, 0.2) is 11.5 Å². The van der Waals surface area contributed by atoms with Gasteiger partial charge in [-0.2, -0.15) is 5.10 Å². The molecule has 4 heteroatoms. The summed E-state index contributed by atoms with van der Waals surface area (Å²) in [5, 5.41) is 4.25. The Morgan fingerprint density at radius 3 is 1.52 bits per heavy atom. The number of rotatable bonds is 3. The van der Waals surface area contributed by atoms with Crippen LogP contribution in [-0.4, -0.2) is 24.0 Å². The predicted octanol–water partition coefficient (Wildman–Crippen LogP) is 5.85. The zero-order chi connectivity index (χ0) is 18.7. The van der Waals surface area contributed by atoms with Crippen LogP contribution < -0.4 is 9.47 Å². The second-order valence-corrected chi connectivity index (χ2v) is 6.59. The molecule has 0 spiro atoms. The predicted molar refractivity (Wildman–Crippen MR) is 109 cm³/mol. The molecule has 0 aliphatic rings. The molecule has 4 nitrogen and oxygen atoms in total. The van der Waals surface area contributed by atoms with Crippen molar-refractivity contribution >= 4 is 0 Å². The van der Waals surface area contributed by atoms with Crippen molar-refractivity contribution in [2.45, 2.75) is 54.9 Å². The van der Waals surface area contributed by atoms with Crippen LogP contribution in [0.4, 0.5) is 0 Å². The Kier molecular flexibility index (Phi) is 13.5. The van der Waals surface area contributed by atoms with Crippen LogP contribution >= 0.6 is 0 Å². The van der Waals surface area contributed by atoms with Gasteiger partial charge in [0.1, 0.15) is 0 Å². The first-order valence-electron chi connectivity index (χ1n) is 8.40. The normalized spacial score (nSPS) is 9.40. The first-order valence-corrected chi connectivity index (χ1v) is 8.40. The van der Waals surface area contributed by atoms with Crippen LogP contribution in [0.3, 0.4) is 0 Å². The average molecular weight is 351 g/mol. The molecule has 1 aromatic carbocycles. The van der Waals surface area contributed by atoms with Crippen LogP contribution in [0.15, 0.2) is 30.5 Å². The van der Waals surface area contributed by atoms with Crippen molar-refractivity contribution in [1.29, 1.82) is 0 Å². The monoisotopic (exact) mass is 350 g/mol. The van der Waals surface area contributed by atoms with Crippen molar-refractivity contribution in [3.8, 4) is 11.5 Å². The van der Waals surface area contributed by atoms with Gasteiger partial charge in [0, 0.05) is 13.2 Å². The third-order valence-corrected chi connectivity index (χ3v) is 2.96. The molecular weight excluding hydrogens is 312 g/mol. The van der Waals surface area contributed by atoms with Crippen molar-refractivity contribution in [3.05, 3.63) is 41.7 Å². The van der Waals surface area contributed by atoms with Gasteiger partial charge in [-0.3, -0.25) is 4.68 Å². The minimum atomic E-state index is 0. The quantitative estimate of drug-likeness (QED) is 0.696. The minimum Gasteiger partial charge on any atom is -0.493 e. The fraction of sp³-hybridized carbons (Fsp3) is 0.571. The van der Waals surface area contributed by atoms with E-state index in [2.05, 4.69) is 52.8 Å². The summed E-state index contributed by atoms with van der Waals surface area (Å²) >= 11 is 0. The highest BCUT2D eigenvalue weighted by Crippen LogP contribution is 2.24. The maximum Gasteiger partial charge on any atom is 0.160 e. The lowest BCUT2D eigenvalue weighted by Gasteiger charge is -2.04. The zero-order valence-electron chi connectivity index (χ0n) is 16.8. The van der Waals surface area contributed by atoms with E-state index in [9.17, 15) is 0 Å². The van der Waals surface area contributed by atoms with E-state index in [-0.39, 0.29) is 7.43 Å². The summed E-state index contributed by atoms with van der Waals surface area (Å²) in [5.74, 6) is 2.96. The minimum absolute atomic E-state index is 0. The molecule has 1 heterocycles. The van der Waals surface area contributed by atoms with E-state index in [1.165, 1.54) is 5.56 Å². The Morgan fingerprint density at radius 2 is 1.32 bits per heavy atom. The van der Waals surface area contributed by atoms with Gasteiger partial charge in [0.2, 0.25) is 0 Å². The third-order valence-electron chi connectivity index (χ3n) is 2.96. The summed E-state index contributed by atoms with van der Waals surface area (Å²) < 4.78 is 11.9. The Balaban J connectivity index is 0. The molecule has 0 aliphatic heterocycles. The molecule has 2 aromatic rings. The number of nitrogens with zero attached hydrogens (tertiary/aromatic N) is 2. The summed E-state index contributed by atoms with van der Waals surface area (Å²) in [6.45, 7) is 12.9. The van der Waals surface area contributed by atoms with E-state index in [1.54, 1.807) is 14.2 Å². The lowest BCUT2D eigenvalue weighted by atomic mass is 10.1. The smallest absolute Gasteiger partial charge is 0.160 e. The first kappa shape index (κ1) is 25.3. The summed E-state index contributed by atoms with van der Waals surface area (Å²) in [4.78, 5) is 0. The summed E-state index contributed by atoms with van der Waals surface area (Å²) in [6, 6.07) is 7.53. The number of aryl methyl sites for hydroxylation is 2. The van der Waals surface area contributed by atoms with Crippen LogP contribution in [0, 0.1) is 12.8 Å². The standard InChI is InChI=1S/C8H14N2.C8H10O2.C4H10.CH4/c1-6(2)8-5-10(4)9-7(8)3;1-9-7-5-3-4-6-8(7)10-2;1-4(2)3;/h5-6H,1-4H3;3-6H,1-2H3;4H,1-3H3;1H4. The van der Waals surface area contributed by atoms with Crippen molar-refractivity contribution in [3.63, 3.8) is 0 Å². The number of aromatic nitrogens is 2. The first-order chi connectivity index (χ1) is 11.2. The van der Waals surface area contributed by atoms with Crippen molar-refractivity contribution in [1.82, 2.24) is 9.78 Å². The van der Waals surface area contributed by atoms with Crippen molar-refractivity contribution in [2.75, 3.05) is 14.2 Å². The molecule has 25 heavy (non-hydrogen) atoms. The molecule has 1 aromatic heterocycles. The van der Waals surface area contributed by atoms with Crippen LogP contribution in [0.1, 0.15) is 59.2 Å². The molecule has 0 radical (unpaired) electrons. The van der Waals surface area contributed by atoms with E-state index >= 15 is 0 Å². The topological polar surface area (TPSA) is 36.3 Å². The van der Waals surface area contributed by atoms with Gasteiger partial charge in [-0.1, -0.05) is 54.2 Å². The largest absolute Gasteiger partial charge is 0.493 e. The number of methoxy groups -OCH3 is 2. The van der Waals surface area contributed by atoms with Crippen molar-refractivity contribution in [2.24, 2.45) is 13.0 Å². The van der Waals surface area contributed by atoms with E-state index in [0.29, 0.717) is 5.92 Å². The highest BCUT2D eigenvalue weighted by atomic mass is 16.5. The third kappa shape index (κ3) is 10.5. The van der Waals surface area contributed by atoms with E-state index in [0.717, 1.165) is 23.1 Å². The van der Waals surface area contributed by atoms with Crippen LogP contribution in [0.5, 0.6) is 11.5 Å². The van der Waals surface area contributed by atoms with Gasteiger partial charge in [0.25, 0.3) is 0 Å². The maximum absolute atomic E-state index is 5.01. The second-order valence-electron chi connectivity index (χ2n) is 6.59. The lowest BCUT2D eigenvalue weighted by molar-refractivity contribution is 0.355. The zero-order valence-corrected chi connectivity index (χ0v) is 16.8. The average Bonchev–Trinajstić information content (AvgIpc) is 2.86. The molecule has 0 atom stereocenters. The summed E-state index contributed by atoms with van der Waals surface area (Å²) in [5.41, 5.74) is 2.50. The number of hydrogen-bond donors (Lipinski definition) is 0. The Hall–Kier alpha value is -1.97. The van der Waals surface area contributed by atoms with E-state index in [1.807, 2.05) is 36.0 Å². The Labute approximate surface area is 155 Å². The number of hydrogen-bond acceptors (Lipinski definition) is 3. The molecule has 2 rings (SSSR count). The van der Waals surface area contributed by atoms with Gasteiger partial charge in [0.05, 0.1) is 19.9 Å². The second kappa shape index (κ2) is 13.3. The molecular formula is C21H38N2O2. The Bertz CT molecular complexity index is 549. The lowest BCUT2D eigenvalue weighted by Crippen LogP contribution is -1.88. The van der Waals surface area contributed by atoms with Gasteiger partial charge in [-0.15, -0.1) is 0 Å². The molecule has 0 aliphatic carbocycles. The Morgan fingerprint density at radius 1 is 0.920 bits per heavy atom. The van der Waals surface area contributed by atoms with Crippen LogP contribution in [0.25, 0.3) is 0 Å². The molecule has 0 saturated heterocycles. The van der Waals surface area contributed by atoms with Crippen LogP contribution in [-0.2, 0) is 7.05 Å². The molecule has 0 amide bonds. The van der Waals surface area contributed by atoms with Crippen molar-refractivity contribution < 1.29 is 9.47 Å². The fourth-order valence-corrected chi connectivity index (χ4v) is 1.97. The van der Waals surface area contributed by atoms with E-state index < -0.39 is 0 Å². The highest BCUT2D eigenvalue weighted by molar-refractivity contribution is 5.39. The number of benzene rings is 1. The van der Waals surface area contributed by atoms with E-state index in [4.69, 9.17) is 9.47 Å². The molecule has 0 fully saturated rings. The maximum atomic E-state index is 5.01. The van der Waals surface area contributed by atoms with Gasteiger partial charge >= 0.3 is 0 Å². The number of ether oxygens (including phenoxy) is 2. The molecule has 144 valence electrons. The molecule has 0 unspecified atom stereocenters. The van der Waals surface area contributed by atoms with Crippen LogP contribution in [0.2, 0.25) is 0 Å². The summed E-state index contributed by atoms with van der Waals surface area (Å²) in [6.07, 6.45) is 2.08. The number of para-hydroxylation sites is 2. The van der Waals surface area contributed by atoms with Gasteiger partial charge in [-0.25, -0.2) is 0 Å². The SMILES string of the molecule is C.CC(C)C.COc1ccccc1OC.Cc1nn(C)cc1C(C)C. The van der Waals surface area contributed by atoms with Gasteiger partial charge < -0.3 is 9.47 Å². The molecule has 0 saturated carbocycles.